The first-order valence-electron chi connectivity index (χ1n) is 8.53. The Balaban J connectivity index is 1.88. The van der Waals surface area contributed by atoms with Gasteiger partial charge >= 0.3 is 0 Å². The highest BCUT2D eigenvalue weighted by Crippen LogP contribution is 2.14. The fourth-order valence-electron chi connectivity index (χ4n) is 2.37. The van der Waals surface area contributed by atoms with Crippen molar-refractivity contribution in [2.75, 3.05) is 30.8 Å². The van der Waals surface area contributed by atoms with Gasteiger partial charge in [-0.3, -0.25) is 0 Å². The van der Waals surface area contributed by atoms with Crippen LogP contribution in [-0.2, 0) is 6.42 Å². The lowest BCUT2D eigenvalue weighted by Gasteiger charge is -2.11. The Morgan fingerprint density at radius 2 is 1.92 bits per heavy atom. The molecule has 0 radical (unpaired) electrons. The van der Waals surface area contributed by atoms with Crippen molar-refractivity contribution in [2.45, 2.75) is 33.6 Å². The van der Waals surface area contributed by atoms with Gasteiger partial charge < -0.3 is 15.4 Å². The maximum Gasteiger partial charge on any atom is 0.224 e. The van der Waals surface area contributed by atoms with Gasteiger partial charge in [-0.15, -0.1) is 0 Å². The molecule has 2 aromatic rings. The highest BCUT2D eigenvalue weighted by atomic mass is 16.5. The summed E-state index contributed by atoms with van der Waals surface area (Å²) in [5.41, 5.74) is 2.19. The maximum atomic E-state index is 5.25. The number of aromatic nitrogens is 2. The van der Waals surface area contributed by atoms with Crippen LogP contribution in [0.2, 0.25) is 0 Å². The van der Waals surface area contributed by atoms with Crippen molar-refractivity contribution in [1.29, 1.82) is 0 Å². The topological polar surface area (TPSA) is 59.1 Å². The van der Waals surface area contributed by atoms with Gasteiger partial charge in [0.25, 0.3) is 0 Å². The van der Waals surface area contributed by atoms with Crippen LogP contribution in [0.4, 0.5) is 11.8 Å². The zero-order chi connectivity index (χ0) is 17.4. The molecule has 2 N–H and O–H groups in total. The van der Waals surface area contributed by atoms with Gasteiger partial charge in [-0.05, 0) is 43.4 Å². The van der Waals surface area contributed by atoms with E-state index in [0.29, 0.717) is 11.9 Å². The summed E-state index contributed by atoms with van der Waals surface area (Å²) in [4.78, 5) is 8.99. The number of anilines is 2. The van der Waals surface area contributed by atoms with Gasteiger partial charge in [-0.2, -0.15) is 4.98 Å². The van der Waals surface area contributed by atoms with E-state index in [9.17, 15) is 0 Å². The zero-order valence-corrected chi connectivity index (χ0v) is 15.1. The number of rotatable bonds is 9. The highest BCUT2D eigenvalue weighted by molar-refractivity contribution is 5.42. The molecule has 0 fully saturated rings. The molecule has 0 bridgehead atoms. The summed E-state index contributed by atoms with van der Waals surface area (Å²) in [6.07, 6.45) is 2.02. The van der Waals surface area contributed by atoms with Crippen LogP contribution >= 0.6 is 0 Å². The minimum atomic E-state index is 0.671. The monoisotopic (exact) mass is 328 g/mol. The first kappa shape index (κ1) is 18.0. The summed E-state index contributed by atoms with van der Waals surface area (Å²) in [6.45, 7) is 8.14. The molecule has 5 heteroatoms. The van der Waals surface area contributed by atoms with Gasteiger partial charge in [0, 0.05) is 24.8 Å². The van der Waals surface area contributed by atoms with Crippen molar-refractivity contribution in [3.05, 3.63) is 41.6 Å². The summed E-state index contributed by atoms with van der Waals surface area (Å²) in [7, 11) is 1.69. The van der Waals surface area contributed by atoms with Crippen LogP contribution in [0.1, 0.15) is 31.5 Å². The molecular formula is C19H28N4O. The summed E-state index contributed by atoms with van der Waals surface area (Å²) in [6, 6.07) is 10.1. The average molecular weight is 328 g/mol. The quantitative estimate of drug-likeness (QED) is 0.731. The second kappa shape index (κ2) is 9.11. The SMILES string of the molecule is COc1cccc(CCNc2nc(C)cc(NCCC(C)C)n2)c1. The Bertz CT molecular complexity index is 643. The van der Waals surface area contributed by atoms with Crippen LogP contribution in [0, 0.1) is 12.8 Å². The Hall–Kier alpha value is -2.30. The molecule has 1 aromatic carbocycles. The smallest absolute Gasteiger partial charge is 0.224 e. The van der Waals surface area contributed by atoms with Crippen LogP contribution in [0.3, 0.4) is 0 Å². The van der Waals surface area contributed by atoms with Gasteiger partial charge in [0.05, 0.1) is 7.11 Å². The van der Waals surface area contributed by atoms with Gasteiger partial charge in [0.1, 0.15) is 11.6 Å². The zero-order valence-electron chi connectivity index (χ0n) is 15.1. The number of nitrogens with one attached hydrogen (secondary N) is 2. The van der Waals surface area contributed by atoms with E-state index < -0.39 is 0 Å². The van der Waals surface area contributed by atoms with E-state index >= 15 is 0 Å². The molecule has 1 aromatic heterocycles. The second-order valence-corrected chi connectivity index (χ2v) is 6.36. The standard InChI is InChI=1S/C19H28N4O/c1-14(2)8-10-20-18-12-15(3)22-19(23-18)21-11-9-16-6-5-7-17(13-16)24-4/h5-7,12-14H,8-11H2,1-4H3,(H2,20,21,22,23). The third-order valence-corrected chi connectivity index (χ3v) is 3.71. The summed E-state index contributed by atoms with van der Waals surface area (Å²) in [5.74, 6) is 3.12. The van der Waals surface area contributed by atoms with E-state index in [-0.39, 0.29) is 0 Å². The molecule has 0 aliphatic rings. The van der Waals surface area contributed by atoms with Crippen molar-refractivity contribution in [2.24, 2.45) is 5.92 Å². The third-order valence-electron chi connectivity index (χ3n) is 3.71. The number of hydrogen-bond donors (Lipinski definition) is 2. The molecule has 0 saturated carbocycles. The van der Waals surface area contributed by atoms with Crippen LogP contribution < -0.4 is 15.4 Å². The lowest BCUT2D eigenvalue weighted by molar-refractivity contribution is 0.414. The van der Waals surface area contributed by atoms with Gasteiger partial charge in [0.2, 0.25) is 5.95 Å². The Morgan fingerprint density at radius 3 is 2.67 bits per heavy atom. The van der Waals surface area contributed by atoms with E-state index in [2.05, 4.69) is 46.6 Å². The average Bonchev–Trinajstić information content (AvgIpc) is 2.54. The van der Waals surface area contributed by atoms with Crippen molar-refractivity contribution < 1.29 is 4.74 Å². The van der Waals surface area contributed by atoms with E-state index in [1.807, 2.05) is 25.1 Å². The number of hydrogen-bond acceptors (Lipinski definition) is 5. The lowest BCUT2D eigenvalue weighted by Crippen LogP contribution is -2.11. The van der Waals surface area contributed by atoms with Gasteiger partial charge in [0.15, 0.2) is 0 Å². The fourth-order valence-corrected chi connectivity index (χ4v) is 2.37. The fraction of sp³-hybridized carbons (Fsp3) is 0.474. The van der Waals surface area contributed by atoms with E-state index in [1.165, 1.54) is 5.56 Å². The minimum Gasteiger partial charge on any atom is -0.497 e. The third kappa shape index (κ3) is 6.07. The Kier molecular flexibility index (Phi) is 6.85. The minimum absolute atomic E-state index is 0.671. The molecular weight excluding hydrogens is 300 g/mol. The van der Waals surface area contributed by atoms with E-state index in [0.717, 1.165) is 43.2 Å². The van der Waals surface area contributed by atoms with Gasteiger partial charge in [-0.1, -0.05) is 26.0 Å². The summed E-state index contributed by atoms with van der Waals surface area (Å²) >= 11 is 0. The molecule has 0 atom stereocenters. The first-order valence-corrected chi connectivity index (χ1v) is 8.53. The molecule has 0 saturated heterocycles. The second-order valence-electron chi connectivity index (χ2n) is 6.36. The number of aryl methyl sites for hydroxylation is 1. The van der Waals surface area contributed by atoms with E-state index in [4.69, 9.17) is 4.74 Å². The molecule has 0 unspecified atom stereocenters. The Labute approximate surface area is 144 Å². The lowest BCUT2D eigenvalue weighted by atomic mass is 10.1. The largest absolute Gasteiger partial charge is 0.497 e. The molecule has 0 spiro atoms. The van der Waals surface area contributed by atoms with Gasteiger partial charge in [-0.25, -0.2) is 4.98 Å². The van der Waals surface area contributed by atoms with Crippen molar-refractivity contribution in [3.8, 4) is 5.75 Å². The normalized spacial score (nSPS) is 10.7. The van der Waals surface area contributed by atoms with Crippen LogP contribution in [-0.4, -0.2) is 30.2 Å². The number of methoxy groups -OCH3 is 1. The number of nitrogens with zero attached hydrogens (tertiary/aromatic N) is 2. The molecule has 2 rings (SSSR count). The van der Waals surface area contributed by atoms with E-state index in [1.54, 1.807) is 7.11 Å². The van der Waals surface area contributed by atoms with Crippen molar-refractivity contribution in [1.82, 2.24) is 9.97 Å². The molecule has 0 amide bonds. The number of ether oxygens (including phenoxy) is 1. The van der Waals surface area contributed by atoms with Crippen molar-refractivity contribution >= 4 is 11.8 Å². The predicted octanol–water partition coefficient (Wildman–Crippen LogP) is 3.91. The highest BCUT2D eigenvalue weighted by Gasteiger charge is 2.03. The molecule has 24 heavy (non-hydrogen) atoms. The number of benzene rings is 1. The van der Waals surface area contributed by atoms with Crippen LogP contribution in [0.15, 0.2) is 30.3 Å². The summed E-state index contributed by atoms with van der Waals surface area (Å²) < 4.78 is 5.25. The molecule has 130 valence electrons. The molecule has 0 aliphatic carbocycles. The Morgan fingerprint density at radius 1 is 1.08 bits per heavy atom. The first-order chi connectivity index (χ1) is 11.6. The molecule has 0 aliphatic heterocycles. The van der Waals surface area contributed by atoms with Crippen molar-refractivity contribution in [3.63, 3.8) is 0 Å². The molecule has 1 heterocycles. The maximum absolute atomic E-state index is 5.25. The summed E-state index contributed by atoms with van der Waals surface area (Å²) in [5, 5.41) is 6.68. The van der Waals surface area contributed by atoms with Crippen LogP contribution in [0.25, 0.3) is 0 Å². The van der Waals surface area contributed by atoms with Crippen LogP contribution in [0.5, 0.6) is 5.75 Å². The molecule has 5 nitrogen and oxygen atoms in total. The predicted molar refractivity (Wildman–Crippen MR) is 99.9 cm³/mol.